The van der Waals surface area contributed by atoms with Crippen molar-refractivity contribution in [2.45, 2.75) is 17.4 Å². The zero-order chi connectivity index (χ0) is 13.1. The number of rotatable bonds is 4. The molecule has 0 radical (unpaired) electrons. The highest BCUT2D eigenvalue weighted by Gasteiger charge is 2.31. The molecule has 1 rings (SSSR count). The molecule has 0 heterocycles. The maximum Gasteiger partial charge on any atom is 0.338 e. The van der Waals surface area contributed by atoms with Crippen LogP contribution in [0.2, 0.25) is 0 Å². The number of carbonyl (C=O) groups is 1. The van der Waals surface area contributed by atoms with E-state index in [9.17, 15) is 18.7 Å². The highest BCUT2D eigenvalue weighted by Crippen LogP contribution is 2.26. The molecule has 17 heavy (non-hydrogen) atoms. The van der Waals surface area contributed by atoms with Gasteiger partial charge in [0.1, 0.15) is 11.6 Å². The Hall–Kier alpha value is -1.14. The van der Waals surface area contributed by atoms with Crippen LogP contribution in [0.4, 0.5) is 8.78 Å². The van der Waals surface area contributed by atoms with Gasteiger partial charge >= 0.3 is 5.97 Å². The molecule has 1 atom stereocenters. The summed E-state index contributed by atoms with van der Waals surface area (Å²) in [6.45, 7) is 1.27. The quantitative estimate of drug-likeness (QED) is 0.666. The van der Waals surface area contributed by atoms with Crippen LogP contribution in [-0.4, -0.2) is 29.5 Å². The molecule has 0 saturated carbocycles. The van der Waals surface area contributed by atoms with Gasteiger partial charge in [0.2, 0.25) is 0 Å². The number of hydrogen-bond donors (Lipinski definition) is 1. The molecule has 0 fully saturated rings. The summed E-state index contributed by atoms with van der Waals surface area (Å²) < 4.78 is 30.3. The van der Waals surface area contributed by atoms with Crippen molar-refractivity contribution in [1.29, 1.82) is 0 Å². The zero-order valence-electron chi connectivity index (χ0n) is 9.37. The number of esters is 1. The van der Waals surface area contributed by atoms with Crippen LogP contribution in [0.3, 0.4) is 0 Å². The minimum atomic E-state index is -1.71. The van der Waals surface area contributed by atoms with Gasteiger partial charge in [0.05, 0.1) is 7.11 Å². The molecule has 0 saturated heterocycles. The summed E-state index contributed by atoms with van der Waals surface area (Å²) in [6, 6.07) is 3.11. The van der Waals surface area contributed by atoms with E-state index in [-0.39, 0.29) is 10.6 Å². The number of thioether (sulfide) groups is 1. The fourth-order valence-electron chi connectivity index (χ4n) is 1.09. The van der Waals surface area contributed by atoms with Crippen LogP contribution in [0, 0.1) is 11.6 Å². The van der Waals surface area contributed by atoms with Crippen molar-refractivity contribution in [3.8, 4) is 0 Å². The molecule has 0 aliphatic rings. The van der Waals surface area contributed by atoms with Gasteiger partial charge < -0.3 is 9.84 Å². The molecule has 3 nitrogen and oxygen atoms in total. The molecular formula is C11H12F2O3S. The Bertz CT molecular complexity index is 421. The van der Waals surface area contributed by atoms with Gasteiger partial charge in [-0.05, 0) is 19.1 Å². The molecule has 0 spiro atoms. The van der Waals surface area contributed by atoms with E-state index in [4.69, 9.17) is 0 Å². The van der Waals surface area contributed by atoms with E-state index >= 15 is 0 Å². The highest BCUT2D eigenvalue weighted by atomic mass is 32.2. The van der Waals surface area contributed by atoms with Crippen molar-refractivity contribution in [3.63, 3.8) is 0 Å². The summed E-state index contributed by atoms with van der Waals surface area (Å²) in [5.41, 5.74) is -1.71. The van der Waals surface area contributed by atoms with Crippen molar-refractivity contribution >= 4 is 17.7 Å². The van der Waals surface area contributed by atoms with Crippen LogP contribution in [0.1, 0.15) is 6.92 Å². The third kappa shape index (κ3) is 3.67. The van der Waals surface area contributed by atoms with E-state index in [0.717, 1.165) is 31.0 Å². The smallest absolute Gasteiger partial charge is 0.338 e. The molecule has 1 unspecified atom stereocenters. The molecule has 0 amide bonds. The monoisotopic (exact) mass is 262 g/mol. The Morgan fingerprint density at radius 1 is 1.53 bits per heavy atom. The summed E-state index contributed by atoms with van der Waals surface area (Å²) in [6.07, 6.45) is 0. The minimum Gasteiger partial charge on any atom is -0.467 e. The van der Waals surface area contributed by atoms with E-state index in [0.29, 0.717) is 0 Å². The number of benzene rings is 1. The molecule has 1 aromatic carbocycles. The number of methoxy groups -OCH3 is 1. The lowest BCUT2D eigenvalue weighted by Crippen LogP contribution is -2.38. The van der Waals surface area contributed by atoms with Crippen molar-refractivity contribution in [3.05, 3.63) is 29.8 Å². The van der Waals surface area contributed by atoms with Gasteiger partial charge in [-0.1, -0.05) is 0 Å². The number of ether oxygens (including phenoxy) is 1. The Morgan fingerprint density at radius 2 is 2.18 bits per heavy atom. The second kappa shape index (κ2) is 5.46. The fraction of sp³-hybridized carbons (Fsp3) is 0.364. The van der Waals surface area contributed by atoms with Gasteiger partial charge in [-0.15, -0.1) is 11.8 Å². The lowest BCUT2D eigenvalue weighted by atomic mass is 10.1. The summed E-state index contributed by atoms with van der Waals surface area (Å²) in [7, 11) is 1.15. The molecule has 0 bridgehead atoms. The average molecular weight is 262 g/mol. The van der Waals surface area contributed by atoms with Crippen LogP contribution < -0.4 is 0 Å². The van der Waals surface area contributed by atoms with Crippen LogP contribution >= 0.6 is 11.8 Å². The average Bonchev–Trinajstić information content (AvgIpc) is 2.26. The topological polar surface area (TPSA) is 46.5 Å². The van der Waals surface area contributed by atoms with Crippen LogP contribution in [0.15, 0.2) is 23.1 Å². The Morgan fingerprint density at radius 3 is 2.71 bits per heavy atom. The summed E-state index contributed by atoms with van der Waals surface area (Å²) >= 11 is 0.914. The Balaban J connectivity index is 2.70. The normalized spacial score (nSPS) is 14.2. The van der Waals surface area contributed by atoms with Gasteiger partial charge in [-0.3, -0.25) is 0 Å². The van der Waals surface area contributed by atoms with Gasteiger partial charge in [-0.2, -0.15) is 0 Å². The van der Waals surface area contributed by atoms with Crippen LogP contribution in [-0.2, 0) is 9.53 Å². The SMILES string of the molecule is COC(=O)C(C)(O)CSc1ccc(F)cc1F. The number of carbonyl (C=O) groups excluding carboxylic acids is 1. The third-order valence-electron chi connectivity index (χ3n) is 2.03. The first-order valence-corrected chi connectivity index (χ1v) is 5.74. The standard InChI is InChI=1S/C11H12F2O3S/c1-11(15,10(14)16-2)6-17-9-4-3-7(12)5-8(9)13/h3-5,15H,6H2,1-2H3. The predicted octanol–water partition coefficient (Wildman–Crippen LogP) is 1.98. The highest BCUT2D eigenvalue weighted by molar-refractivity contribution is 7.99. The Labute approximate surface area is 102 Å². The largest absolute Gasteiger partial charge is 0.467 e. The maximum absolute atomic E-state index is 13.2. The maximum atomic E-state index is 13.2. The van der Waals surface area contributed by atoms with Gasteiger partial charge in [0, 0.05) is 16.7 Å². The second-order valence-corrected chi connectivity index (χ2v) is 4.65. The molecule has 1 N–H and O–H groups in total. The number of halogens is 2. The second-order valence-electron chi connectivity index (χ2n) is 3.63. The lowest BCUT2D eigenvalue weighted by Gasteiger charge is -2.19. The molecular weight excluding hydrogens is 250 g/mol. The van der Waals surface area contributed by atoms with E-state index in [2.05, 4.69) is 4.74 Å². The zero-order valence-corrected chi connectivity index (χ0v) is 10.2. The summed E-state index contributed by atoms with van der Waals surface area (Å²) in [5.74, 6) is -2.28. The molecule has 94 valence electrons. The van der Waals surface area contributed by atoms with Crippen molar-refractivity contribution in [2.75, 3.05) is 12.9 Å². The van der Waals surface area contributed by atoms with Crippen LogP contribution in [0.5, 0.6) is 0 Å². The summed E-state index contributed by atoms with van der Waals surface area (Å²) in [4.78, 5) is 11.3. The van der Waals surface area contributed by atoms with Crippen molar-refractivity contribution < 1.29 is 23.4 Å². The fourth-order valence-corrected chi connectivity index (χ4v) is 2.00. The Kier molecular flexibility index (Phi) is 4.47. The molecule has 1 aromatic rings. The van der Waals surface area contributed by atoms with E-state index in [1.807, 2.05) is 0 Å². The van der Waals surface area contributed by atoms with Crippen molar-refractivity contribution in [1.82, 2.24) is 0 Å². The van der Waals surface area contributed by atoms with Crippen LogP contribution in [0.25, 0.3) is 0 Å². The summed E-state index contributed by atoms with van der Waals surface area (Å²) in [5, 5.41) is 9.70. The minimum absolute atomic E-state index is 0.0811. The van der Waals surface area contributed by atoms with Gasteiger partial charge in [0.25, 0.3) is 0 Å². The predicted molar refractivity (Wildman–Crippen MR) is 59.7 cm³/mol. The first-order chi connectivity index (χ1) is 7.86. The molecule has 0 aliphatic heterocycles. The first-order valence-electron chi connectivity index (χ1n) is 4.75. The first kappa shape index (κ1) is 13.9. The van der Waals surface area contributed by atoms with Gasteiger partial charge in [0.15, 0.2) is 5.60 Å². The molecule has 0 aromatic heterocycles. The number of hydrogen-bond acceptors (Lipinski definition) is 4. The van der Waals surface area contributed by atoms with E-state index < -0.39 is 23.2 Å². The molecule has 6 heteroatoms. The lowest BCUT2D eigenvalue weighted by molar-refractivity contribution is -0.158. The molecule has 0 aliphatic carbocycles. The van der Waals surface area contributed by atoms with E-state index in [1.54, 1.807) is 0 Å². The number of aliphatic hydroxyl groups is 1. The van der Waals surface area contributed by atoms with E-state index in [1.165, 1.54) is 13.0 Å². The van der Waals surface area contributed by atoms with Crippen molar-refractivity contribution in [2.24, 2.45) is 0 Å². The van der Waals surface area contributed by atoms with Gasteiger partial charge in [-0.25, -0.2) is 13.6 Å². The third-order valence-corrected chi connectivity index (χ3v) is 3.38.